The molecule has 0 saturated heterocycles. The lowest BCUT2D eigenvalue weighted by atomic mass is 9.94. The molecule has 3 nitrogen and oxygen atoms in total. The largest absolute Gasteiger partial charge is 0.389 e. The summed E-state index contributed by atoms with van der Waals surface area (Å²) in [7, 11) is 0. The zero-order valence-electron chi connectivity index (χ0n) is 13.9. The number of hydrogen-bond acceptors (Lipinski definition) is 3. The Morgan fingerprint density at radius 3 is 2.40 bits per heavy atom. The summed E-state index contributed by atoms with van der Waals surface area (Å²) < 4.78 is 0. The summed E-state index contributed by atoms with van der Waals surface area (Å²) in [5, 5.41) is 10.3. The summed E-state index contributed by atoms with van der Waals surface area (Å²) in [4.78, 5) is 2.68. The molecule has 3 heteroatoms. The van der Waals surface area contributed by atoms with E-state index in [-0.39, 0.29) is 0 Å². The Hall–Kier alpha value is -0.120. The van der Waals surface area contributed by atoms with Crippen molar-refractivity contribution in [1.82, 2.24) is 4.90 Å². The fraction of sp³-hybridized carbons (Fsp3) is 1.00. The van der Waals surface area contributed by atoms with E-state index in [1.165, 1.54) is 38.6 Å². The molecule has 0 amide bonds. The Balaban J connectivity index is 2.39. The first kappa shape index (κ1) is 17.9. The summed E-state index contributed by atoms with van der Waals surface area (Å²) in [6, 6.07) is 0.793. The Morgan fingerprint density at radius 2 is 1.90 bits per heavy atom. The highest BCUT2D eigenvalue weighted by atomic mass is 16.3. The minimum absolute atomic E-state index is 0.388. The zero-order valence-corrected chi connectivity index (χ0v) is 13.9. The minimum Gasteiger partial charge on any atom is -0.389 e. The van der Waals surface area contributed by atoms with E-state index < -0.39 is 5.60 Å². The van der Waals surface area contributed by atoms with E-state index in [0.29, 0.717) is 6.54 Å². The van der Waals surface area contributed by atoms with Gasteiger partial charge in [-0.3, -0.25) is 0 Å². The molecule has 20 heavy (non-hydrogen) atoms. The summed E-state index contributed by atoms with van der Waals surface area (Å²) >= 11 is 0. The monoisotopic (exact) mass is 284 g/mol. The third-order valence-corrected chi connectivity index (χ3v) is 4.96. The Kier molecular flexibility index (Phi) is 8.08. The molecule has 1 rings (SSSR count). The maximum atomic E-state index is 10.3. The number of hydrogen-bond donors (Lipinski definition) is 2. The summed E-state index contributed by atoms with van der Waals surface area (Å²) in [6.07, 6.45) is 9.47. The van der Waals surface area contributed by atoms with Crippen molar-refractivity contribution < 1.29 is 5.11 Å². The molecule has 0 radical (unpaired) electrons. The van der Waals surface area contributed by atoms with Gasteiger partial charge in [0.1, 0.15) is 0 Å². The van der Waals surface area contributed by atoms with Gasteiger partial charge in [0, 0.05) is 12.6 Å². The van der Waals surface area contributed by atoms with Gasteiger partial charge in [0.05, 0.1) is 5.60 Å². The lowest BCUT2D eigenvalue weighted by Gasteiger charge is -2.31. The first-order valence-electron chi connectivity index (χ1n) is 8.67. The Labute approximate surface area is 125 Å². The van der Waals surface area contributed by atoms with E-state index in [4.69, 9.17) is 5.73 Å². The normalized spacial score (nSPS) is 19.9. The van der Waals surface area contributed by atoms with Crippen molar-refractivity contribution in [2.45, 2.75) is 83.8 Å². The van der Waals surface area contributed by atoms with Gasteiger partial charge in [-0.05, 0) is 57.5 Å². The van der Waals surface area contributed by atoms with Crippen LogP contribution in [0.1, 0.15) is 72.1 Å². The van der Waals surface area contributed by atoms with Gasteiger partial charge in [0.25, 0.3) is 0 Å². The lowest BCUT2D eigenvalue weighted by molar-refractivity contribution is 0.0299. The van der Waals surface area contributed by atoms with Crippen molar-refractivity contribution in [2.24, 2.45) is 11.7 Å². The standard InChI is InChI=1S/C17H36N2O/c1-4-17(20,14-18)11-7-12-19(13-10-15(2)3)16-8-5-6-9-16/h15-16,20H,4-14,18H2,1-3H3. The van der Waals surface area contributed by atoms with Gasteiger partial charge in [-0.15, -0.1) is 0 Å². The zero-order chi connectivity index (χ0) is 15.0. The molecular formula is C17H36N2O. The van der Waals surface area contributed by atoms with Crippen LogP contribution in [-0.2, 0) is 0 Å². The van der Waals surface area contributed by atoms with Crippen molar-refractivity contribution in [3.05, 3.63) is 0 Å². The number of rotatable bonds is 10. The molecule has 1 aliphatic carbocycles. The lowest BCUT2D eigenvalue weighted by Crippen LogP contribution is -2.40. The predicted octanol–water partition coefficient (Wildman–Crippen LogP) is 3.16. The molecule has 1 aliphatic rings. The first-order chi connectivity index (χ1) is 9.50. The molecule has 3 N–H and O–H groups in total. The van der Waals surface area contributed by atoms with Gasteiger partial charge in [0.15, 0.2) is 0 Å². The van der Waals surface area contributed by atoms with Crippen LogP contribution in [0.25, 0.3) is 0 Å². The smallest absolute Gasteiger partial charge is 0.0767 e. The third kappa shape index (κ3) is 6.11. The highest BCUT2D eigenvalue weighted by molar-refractivity contribution is 4.81. The Morgan fingerprint density at radius 1 is 1.25 bits per heavy atom. The van der Waals surface area contributed by atoms with Gasteiger partial charge in [-0.25, -0.2) is 0 Å². The van der Waals surface area contributed by atoms with Crippen LogP contribution in [0, 0.1) is 5.92 Å². The summed E-state index contributed by atoms with van der Waals surface area (Å²) in [5.74, 6) is 0.774. The van der Waals surface area contributed by atoms with Crippen molar-refractivity contribution in [2.75, 3.05) is 19.6 Å². The van der Waals surface area contributed by atoms with E-state index in [1.807, 2.05) is 6.92 Å². The molecule has 1 fully saturated rings. The molecule has 0 aromatic heterocycles. The SMILES string of the molecule is CCC(O)(CN)CCCN(CCC(C)C)C1CCCC1. The predicted molar refractivity (Wildman–Crippen MR) is 86.8 cm³/mol. The van der Waals surface area contributed by atoms with Gasteiger partial charge in [-0.2, -0.15) is 0 Å². The van der Waals surface area contributed by atoms with Gasteiger partial charge in [-0.1, -0.05) is 33.6 Å². The molecule has 1 atom stereocenters. The van der Waals surface area contributed by atoms with Crippen molar-refractivity contribution in [3.63, 3.8) is 0 Å². The van der Waals surface area contributed by atoms with Gasteiger partial charge in [0.2, 0.25) is 0 Å². The molecule has 0 bridgehead atoms. The summed E-state index contributed by atoms with van der Waals surface area (Å²) in [6.45, 7) is 9.36. The van der Waals surface area contributed by atoms with Crippen LogP contribution in [-0.4, -0.2) is 41.3 Å². The fourth-order valence-corrected chi connectivity index (χ4v) is 3.20. The number of nitrogens with zero attached hydrogens (tertiary/aromatic N) is 1. The number of aliphatic hydroxyl groups is 1. The maximum absolute atomic E-state index is 10.3. The van der Waals surface area contributed by atoms with Crippen LogP contribution in [0.15, 0.2) is 0 Å². The highest BCUT2D eigenvalue weighted by Crippen LogP contribution is 2.25. The van der Waals surface area contributed by atoms with E-state index in [9.17, 15) is 5.11 Å². The van der Waals surface area contributed by atoms with Crippen LogP contribution in [0.5, 0.6) is 0 Å². The molecular weight excluding hydrogens is 248 g/mol. The van der Waals surface area contributed by atoms with Crippen LogP contribution in [0.4, 0.5) is 0 Å². The fourth-order valence-electron chi connectivity index (χ4n) is 3.20. The van der Waals surface area contributed by atoms with Crippen molar-refractivity contribution in [1.29, 1.82) is 0 Å². The molecule has 0 aromatic carbocycles. The molecule has 0 spiro atoms. The van der Waals surface area contributed by atoms with Gasteiger partial charge < -0.3 is 15.7 Å². The molecule has 0 heterocycles. The molecule has 1 saturated carbocycles. The second-order valence-electron chi connectivity index (χ2n) is 7.04. The quantitative estimate of drug-likeness (QED) is 0.648. The number of nitrogens with two attached hydrogens (primary N) is 1. The molecule has 120 valence electrons. The molecule has 0 aromatic rings. The minimum atomic E-state index is -0.639. The van der Waals surface area contributed by atoms with Crippen LogP contribution < -0.4 is 5.73 Å². The van der Waals surface area contributed by atoms with Crippen LogP contribution in [0.2, 0.25) is 0 Å². The molecule has 0 aliphatic heterocycles. The average molecular weight is 284 g/mol. The summed E-state index contributed by atoms with van der Waals surface area (Å²) in [5.41, 5.74) is 5.05. The molecule has 1 unspecified atom stereocenters. The average Bonchev–Trinajstić information content (AvgIpc) is 2.96. The van der Waals surface area contributed by atoms with E-state index in [0.717, 1.165) is 37.8 Å². The Bertz CT molecular complexity index is 245. The van der Waals surface area contributed by atoms with E-state index >= 15 is 0 Å². The van der Waals surface area contributed by atoms with E-state index in [1.54, 1.807) is 0 Å². The maximum Gasteiger partial charge on any atom is 0.0767 e. The topological polar surface area (TPSA) is 49.5 Å². The van der Waals surface area contributed by atoms with Crippen LogP contribution >= 0.6 is 0 Å². The van der Waals surface area contributed by atoms with Crippen molar-refractivity contribution in [3.8, 4) is 0 Å². The van der Waals surface area contributed by atoms with Gasteiger partial charge >= 0.3 is 0 Å². The second kappa shape index (κ2) is 9.01. The van der Waals surface area contributed by atoms with Crippen molar-refractivity contribution >= 4 is 0 Å². The van der Waals surface area contributed by atoms with Crippen LogP contribution in [0.3, 0.4) is 0 Å². The second-order valence-corrected chi connectivity index (χ2v) is 7.04. The third-order valence-electron chi connectivity index (χ3n) is 4.96. The highest BCUT2D eigenvalue weighted by Gasteiger charge is 2.25. The van der Waals surface area contributed by atoms with E-state index in [2.05, 4.69) is 18.7 Å². The first-order valence-corrected chi connectivity index (χ1v) is 8.67.